The quantitative estimate of drug-likeness (QED) is 0.555. The third-order valence-electron chi connectivity index (χ3n) is 7.40. The first kappa shape index (κ1) is 22.8. The Labute approximate surface area is 191 Å². The molecule has 1 heterocycles. The van der Waals surface area contributed by atoms with Gasteiger partial charge in [-0.2, -0.15) is 11.8 Å². The van der Waals surface area contributed by atoms with Crippen molar-refractivity contribution in [3.8, 4) is 11.5 Å². The fourth-order valence-electron chi connectivity index (χ4n) is 5.64. The highest BCUT2D eigenvalue weighted by molar-refractivity contribution is 7.98. The summed E-state index contributed by atoms with van der Waals surface area (Å²) in [5, 5.41) is 0. The second kappa shape index (κ2) is 10.5. The van der Waals surface area contributed by atoms with Gasteiger partial charge in [0.15, 0.2) is 0 Å². The van der Waals surface area contributed by atoms with Crippen molar-refractivity contribution >= 4 is 17.7 Å². The minimum atomic E-state index is -0.0602. The van der Waals surface area contributed by atoms with Crippen molar-refractivity contribution in [1.29, 1.82) is 0 Å². The number of likely N-dealkylation sites (tertiary alicyclic amines) is 1. The van der Waals surface area contributed by atoms with E-state index in [1.165, 1.54) is 44.9 Å². The summed E-state index contributed by atoms with van der Waals surface area (Å²) < 4.78 is 11.0. The fourth-order valence-corrected chi connectivity index (χ4v) is 6.29. The average Bonchev–Trinajstić information content (AvgIpc) is 3.66. The summed E-state index contributed by atoms with van der Waals surface area (Å²) in [6.07, 6.45) is 12.1. The number of carbonyl (C=O) groups is 1. The number of methoxy groups -OCH3 is 2. The maximum absolute atomic E-state index is 14.0. The first-order chi connectivity index (χ1) is 15.2. The van der Waals surface area contributed by atoms with Crippen LogP contribution in [-0.4, -0.2) is 66.6 Å². The summed E-state index contributed by atoms with van der Waals surface area (Å²) in [5.74, 6) is 3.57. The molecule has 2 saturated carbocycles. The van der Waals surface area contributed by atoms with Crippen LogP contribution < -0.4 is 9.47 Å². The van der Waals surface area contributed by atoms with E-state index in [9.17, 15) is 4.79 Å². The average molecular weight is 447 g/mol. The molecule has 6 heteroatoms. The molecule has 1 amide bonds. The molecule has 3 atom stereocenters. The van der Waals surface area contributed by atoms with E-state index in [-0.39, 0.29) is 6.04 Å². The van der Waals surface area contributed by atoms with Gasteiger partial charge in [0, 0.05) is 42.6 Å². The number of benzene rings is 1. The molecular weight excluding hydrogens is 408 g/mol. The molecule has 172 valence electrons. The lowest BCUT2D eigenvalue weighted by molar-refractivity contribution is -0.143. The van der Waals surface area contributed by atoms with Gasteiger partial charge in [-0.1, -0.05) is 18.9 Å². The van der Waals surface area contributed by atoms with E-state index in [1.807, 2.05) is 12.1 Å². The van der Waals surface area contributed by atoms with E-state index in [1.54, 1.807) is 26.0 Å². The normalized spacial score (nSPS) is 24.6. The van der Waals surface area contributed by atoms with Crippen molar-refractivity contribution in [2.45, 2.75) is 76.0 Å². The summed E-state index contributed by atoms with van der Waals surface area (Å²) in [6, 6.07) is 6.94. The third kappa shape index (κ3) is 5.16. The second-order valence-electron chi connectivity index (χ2n) is 9.34. The van der Waals surface area contributed by atoms with Gasteiger partial charge < -0.3 is 14.4 Å². The Morgan fingerprint density at radius 1 is 1.13 bits per heavy atom. The first-order valence-corrected chi connectivity index (χ1v) is 13.3. The highest BCUT2D eigenvalue weighted by atomic mass is 32.2. The van der Waals surface area contributed by atoms with Gasteiger partial charge in [0.05, 0.1) is 20.3 Å². The van der Waals surface area contributed by atoms with Gasteiger partial charge in [-0.25, -0.2) is 0 Å². The number of ether oxygens (including phenoxy) is 2. The number of hydrogen-bond acceptors (Lipinski definition) is 5. The van der Waals surface area contributed by atoms with Crippen LogP contribution in [0.3, 0.4) is 0 Å². The Bertz CT molecular complexity index is 752. The van der Waals surface area contributed by atoms with Gasteiger partial charge in [0.2, 0.25) is 5.91 Å². The first-order valence-electron chi connectivity index (χ1n) is 11.9. The van der Waals surface area contributed by atoms with Gasteiger partial charge in [-0.05, 0) is 56.8 Å². The predicted molar refractivity (Wildman–Crippen MR) is 127 cm³/mol. The summed E-state index contributed by atoms with van der Waals surface area (Å²) in [5.41, 5.74) is 1.13. The molecular formula is C25H38N2O3S. The molecule has 0 bridgehead atoms. The number of fused-ring (bicyclic) bond motifs is 1. The second-order valence-corrected chi connectivity index (χ2v) is 10.2. The molecule has 0 N–H and O–H groups in total. The molecule has 2 aliphatic carbocycles. The zero-order chi connectivity index (χ0) is 21.8. The predicted octanol–water partition coefficient (Wildman–Crippen LogP) is 4.58. The molecule has 1 aliphatic heterocycles. The Morgan fingerprint density at radius 2 is 1.90 bits per heavy atom. The highest BCUT2D eigenvalue weighted by Gasteiger charge is 2.43. The molecule has 3 fully saturated rings. The van der Waals surface area contributed by atoms with E-state index >= 15 is 0 Å². The maximum atomic E-state index is 14.0. The van der Waals surface area contributed by atoms with E-state index in [0.29, 0.717) is 18.0 Å². The molecule has 31 heavy (non-hydrogen) atoms. The Kier molecular flexibility index (Phi) is 7.70. The number of hydrogen-bond donors (Lipinski definition) is 0. The summed E-state index contributed by atoms with van der Waals surface area (Å²) in [6.45, 7) is 1.69. The summed E-state index contributed by atoms with van der Waals surface area (Å²) in [4.78, 5) is 18.7. The van der Waals surface area contributed by atoms with Crippen molar-refractivity contribution in [2.24, 2.45) is 5.92 Å². The molecule has 4 rings (SSSR count). The van der Waals surface area contributed by atoms with Crippen LogP contribution in [0.5, 0.6) is 11.5 Å². The molecule has 0 radical (unpaired) electrons. The van der Waals surface area contributed by atoms with Gasteiger partial charge in [0.25, 0.3) is 0 Å². The zero-order valence-electron chi connectivity index (χ0n) is 19.3. The number of thioether (sulfide) groups is 1. The van der Waals surface area contributed by atoms with Gasteiger partial charge >= 0.3 is 0 Å². The largest absolute Gasteiger partial charge is 0.497 e. The minimum Gasteiger partial charge on any atom is -0.497 e. The van der Waals surface area contributed by atoms with Crippen LogP contribution in [0.1, 0.15) is 56.9 Å². The van der Waals surface area contributed by atoms with Crippen LogP contribution in [0.25, 0.3) is 0 Å². The SMILES string of the molecule is COc1ccc(CN(C2CC2)C(CSC)C(=O)N2CCC[C@H]3CCCC[C@@H]32)c(OC)c1. The van der Waals surface area contributed by atoms with Gasteiger partial charge in [-0.3, -0.25) is 9.69 Å². The molecule has 5 nitrogen and oxygen atoms in total. The van der Waals surface area contributed by atoms with Crippen molar-refractivity contribution < 1.29 is 14.3 Å². The number of nitrogens with zero attached hydrogens (tertiary/aromatic N) is 2. The Balaban J connectivity index is 1.56. The third-order valence-corrected chi connectivity index (χ3v) is 8.05. The van der Waals surface area contributed by atoms with Crippen LogP contribution in [0.4, 0.5) is 0 Å². The van der Waals surface area contributed by atoms with Gasteiger partial charge in [0.1, 0.15) is 11.5 Å². The minimum absolute atomic E-state index is 0.0602. The maximum Gasteiger partial charge on any atom is 0.241 e. The zero-order valence-corrected chi connectivity index (χ0v) is 20.2. The number of carbonyl (C=O) groups excluding carboxylic acids is 1. The van der Waals surface area contributed by atoms with Crippen molar-refractivity contribution in [3.05, 3.63) is 23.8 Å². The monoisotopic (exact) mass is 446 g/mol. The van der Waals surface area contributed by atoms with Crippen molar-refractivity contribution in [2.75, 3.05) is 32.8 Å². The Morgan fingerprint density at radius 3 is 2.61 bits per heavy atom. The standard InChI is InChI=1S/C25H38N2O3S/c1-29-21-13-10-19(24(15-21)30-2)16-27(20-11-12-20)23(17-31-3)25(28)26-14-6-8-18-7-4-5-9-22(18)26/h10,13,15,18,20,22-23H,4-9,11-12,14,16-17H2,1-3H3/t18-,22+,23?/m1/s1. The molecule has 1 saturated heterocycles. The molecule has 0 spiro atoms. The molecule has 3 aliphatic rings. The molecule has 0 aromatic heterocycles. The molecule has 1 aromatic rings. The van der Waals surface area contributed by atoms with E-state index in [2.05, 4.69) is 22.1 Å². The Hall–Kier alpha value is -1.40. The number of rotatable bonds is 9. The smallest absolute Gasteiger partial charge is 0.241 e. The number of piperidine rings is 1. The highest BCUT2D eigenvalue weighted by Crippen LogP contribution is 2.38. The summed E-state index contributed by atoms with van der Waals surface area (Å²) >= 11 is 1.79. The van der Waals surface area contributed by atoms with Crippen LogP contribution in [-0.2, 0) is 11.3 Å². The summed E-state index contributed by atoms with van der Waals surface area (Å²) in [7, 11) is 3.39. The van der Waals surface area contributed by atoms with Crippen LogP contribution in [0.15, 0.2) is 18.2 Å². The number of amides is 1. The lowest BCUT2D eigenvalue weighted by Gasteiger charge is -2.46. The van der Waals surface area contributed by atoms with Crippen molar-refractivity contribution in [1.82, 2.24) is 9.80 Å². The lowest BCUT2D eigenvalue weighted by atomic mass is 9.78. The molecule has 1 aromatic carbocycles. The molecule has 1 unspecified atom stereocenters. The van der Waals surface area contributed by atoms with E-state index in [4.69, 9.17) is 9.47 Å². The van der Waals surface area contributed by atoms with Crippen LogP contribution in [0.2, 0.25) is 0 Å². The fraction of sp³-hybridized carbons (Fsp3) is 0.720. The van der Waals surface area contributed by atoms with Crippen LogP contribution in [0, 0.1) is 5.92 Å². The van der Waals surface area contributed by atoms with Gasteiger partial charge in [-0.15, -0.1) is 0 Å². The van der Waals surface area contributed by atoms with E-state index in [0.717, 1.165) is 48.2 Å². The van der Waals surface area contributed by atoms with E-state index < -0.39 is 0 Å². The van der Waals surface area contributed by atoms with Crippen LogP contribution >= 0.6 is 11.8 Å². The lowest BCUT2D eigenvalue weighted by Crippen LogP contribution is -2.57. The van der Waals surface area contributed by atoms with Crippen molar-refractivity contribution in [3.63, 3.8) is 0 Å². The topological polar surface area (TPSA) is 42.0 Å².